The molecule has 1 aromatic heterocycles. The lowest BCUT2D eigenvalue weighted by Crippen LogP contribution is -2.39. The van der Waals surface area contributed by atoms with Gasteiger partial charge in [-0.15, -0.1) is 0 Å². The predicted molar refractivity (Wildman–Crippen MR) is 143 cm³/mol. The number of thiazole rings is 1. The minimum Gasteiger partial charge on any atom is -0.362 e. The summed E-state index contributed by atoms with van der Waals surface area (Å²) in [7, 11) is 0. The third-order valence-electron chi connectivity index (χ3n) is 6.49. The molecule has 1 aliphatic carbocycles. The summed E-state index contributed by atoms with van der Waals surface area (Å²) in [5.74, 6) is -1.04. The number of fused-ring (bicyclic) bond motifs is 1. The molecule has 184 valence electrons. The molecule has 0 unspecified atom stereocenters. The average Bonchev–Trinajstić information content (AvgIpc) is 3.18. The molecule has 0 spiro atoms. The zero-order valence-corrected chi connectivity index (χ0v) is 22.2. The number of benzene rings is 2. The first-order valence-corrected chi connectivity index (χ1v) is 13.0. The van der Waals surface area contributed by atoms with Crippen LogP contribution in [0.25, 0.3) is 10.2 Å². The Bertz CT molecular complexity index is 1500. The van der Waals surface area contributed by atoms with Crippen LogP contribution in [0.1, 0.15) is 45.1 Å². The van der Waals surface area contributed by atoms with Crippen molar-refractivity contribution in [3.63, 3.8) is 0 Å². The molecule has 1 aliphatic heterocycles. The van der Waals surface area contributed by atoms with Gasteiger partial charge in [-0.3, -0.25) is 25.0 Å². The zero-order valence-electron chi connectivity index (χ0n) is 19.8. The van der Waals surface area contributed by atoms with Gasteiger partial charge >= 0.3 is 0 Å². The van der Waals surface area contributed by atoms with E-state index in [2.05, 4.69) is 31.5 Å². The first kappa shape index (κ1) is 24.3. The van der Waals surface area contributed by atoms with Gasteiger partial charge in [0.05, 0.1) is 15.1 Å². The number of ketones is 1. The highest BCUT2D eigenvalue weighted by atomic mass is 79.9. The summed E-state index contributed by atoms with van der Waals surface area (Å²) in [5.41, 5.74) is 3.56. The standard InChI is InChI=1S/C26H23BrN4O4S/c1-13-21(24(33)30-25-29-17-9-6-15(27)10-20(17)36-25)22(14-4-7-16(8-5-14)31(34)35)23-18(28-13)11-26(2,3)12-19(23)32/h4-10,22,28H,11-12H2,1-3H3,(H,29,30,33)/t22-/m0/s1. The van der Waals surface area contributed by atoms with E-state index in [1.807, 2.05) is 39.0 Å². The molecule has 0 bridgehead atoms. The summed E-state index contributed by atoms with van der Waals surface area (Å²) in [6.45, 7) is 5.91. The fourth-order valence-corrected chi connectivity index (χ4v) is 6.39. The van der Waals surface area contributed by atoms with Crippen molar-refractivity contribution in [3.05, 3.63) is 85.2 Å². The largest absolute Gasteiger partial charge is 0.362 e. The van der Waals surface area contributed by atoms with Crippen LogP contribution in [-0.4, -0.2) is 21.6 Å². The van der Waals surface area contributed by atoms with Crippen LogP contribution in [0.4, 0.5) is 10.8 Å². The number of nitro groups is 1. The number of rotatable bonds is 4. The summed E-state index contributed by atoms with van der Waals surface area (Å²) >= 11 is 4.81. The van der Waals surface area contributed by atoms with Crippen LogP contribution < -0.4 is 10.6 Å². The third-order valence-corrected chi connectivity index (χ3v) is 7.92. The maximum absolute atomic E-state index is 13.7. The lowest BCUT2D eigenvalue weighted by atomic mass is 9.68. The number of amides is 1. The van der Waals surface area contributed by atoms with Crippen LogP contribution in [0.15, 0.2) is 69.5 Å². The van der Waals surface area contributed by atoms with Crippen molar-refractivity contribution in [1.29, 1.82) is 0 Å². The van der Waals surface area contributed by atoms with Gasteiger partial charge in [-0.25, -0.2) is 4.98 Å². The van der Waals surface area contributed by atoms with Crippen LogP contribution in [0, 0.1) is 15.5 Å². The number of halogens is 1. The van der Waals surface area contributed by atoms with E-state index in [1.54, 1.807) is 12.1 Å². The van der Waals surface area contributed by atoms with Gasteiger partial charge in [0.15, 0.2) is 10.9 Å². The molecular formula is C26H23BrN4O4S. The molecule has 1 amide bonds. The Morgan fingerprint density at radius 2 is 1.94 bits per heavy atom. The lowest BCUT2D eigenvalue weighted by molar-refractivity contribution is -0.384. The SMILES string of the molecule is CC1=C(C(=O)Nc2nc3ccc(Br)cc3s2)[C@H](c2ccc([N+](=O)[O-])cc2)C2=C(CC(C)(C)CC2=O)N1. The average molecular weight is 567 g/mol. The number of Topliss-reactive ketones (excluding diaryl/α,β-unsaturated/α-hetero) is 1. The Morgan fingerprint density at radius 3 is 2.64 bits per heavy atom. The van der Waals surface area contributed by atoms with Crippen LogP contribution >= 0.6 is 27.3 Å². The Labute approximate surface area is 219 Å². The van der Waals surface area contributed by atoms with Crippen molar-refractivity contribution in [2.24, 2.45) is 5.41 Å². The minimum absolute atomic E-state index is 0.0280. The van der Waals surface area contributed by atoms with E-state index in [9.17, 15) is 19.7 Å². The second kappa shape index (κ2) is 8.94. The van der Waals surface area contributed by atoms with E-state index in [0.717, 1.165) is 20.4 Å². The normalized spacial score (nSPS) is 19.2. The number of allylic oxidation sites excluding steroid dienone is 3. The Balaban J connectivity index is 1.57. The molecular weight excluding hydrogens is 544 g/mol. The van der Waals surface area contributed by atoms with Crippen LogP contribution in [0.3, 0.4) is 0 Å². The number of carbonyl (C=O) groups excluding carboxylic acids is 2. The first-order valence-electron chi connectivity index (χ1n) is 11.4. The number of anilines is 1. The Kier molecular flexibility index (Phi) is 6.04. The van der Waals surface area contributed by atoms with Crippen molar-refractivity contribution in [3.8, 4) is 0 Å². The number of carbonyl (C=O) groups is 2. The molecule has 1 atom stereocenters. The van der Waals surface area contributed by atoms with E-state index < -0.39 is 10.8 Å². The maximum atomic E-state index is 13.7. The van der Waals surface area contributed by atoms with Gasteiger partial charge in [-0.05, 0) is 42.5 Å². The van der Waals surface area contributed by atoms with Gasteiger partial charge in [0.1, 0.15) is 0 Å². The second-order valence-corrected chi connectivity index (χ2v) is 11.8. The quantitative estimate of drug-likeness (QED) is 0.286. The molecule has 5 rings (SSSR count). The van der Waals surface area contributed by atoms with Crippen LogP contribution in [-0.2, 0) is 9.59 Å². The molecule has 8 nitrogen and oxygen atoms in total. The molecule has 2 aliphatic rings. The van der Waals surface area contributed by atoms with E-state index in [4.69, 9.17) is 0 Å². The molecule has 2 N–H and O–H groups in total. The molecule has 0 saturated carbocycles. The molecule has 0 saturated heterocycles. The smallest absolute Gasteiger partial charge is 0.269 e. The van der Waals surface area contributed by atoms with Crippen molar-refractivity contribution in [2.75, 3.05) is 5.32 Å². The van der Waals surface area contributed by atoms with Crippen molar-refractivity contribution < 1.29 is 14.5 Å². The highest BCUT2D eigenvalue weighted by Crippen LogP contribution is 2.47. The number of aromatic nitrogens is 1. The van der Waals surface area contributed by atoms with Crippen molar-refractivity contribution in [1.82, 2.24) is 10.3 Å². The molecule has 2 aromatic carbocycles. The van der Waals surface area contributed by atoms with E-state index in [-0.39, 0.29) is 22.8 Å². The minimum atomic E-state index is -0.644. The number of nitro benzene ring substituents is 1. The highest BCUT2D eigenvalue weighted by molar-refractivity contribution is 9.10. The zero-order chi connectivity index (χ0) is 25.8. The van der Waals surface area contributed by atoms with Crippen LogP contribution in [0.5, 0.6) is 0 Å². The van der Waals surface area contributed by atoms with Gasteiger partial charge in [0, 0.05) is 51.5 Å². The number of nitrogens with one attached hydrogen (secondary N) is 2. The summed E-state index contributed by atoms with van der Waals surface area (Å²) in [5, 5.41) is 17.9. The summed E-state index contributed by atoms with van der Waals surface area (Å²) < 4.78 is 1.84. The molecule has 3 aromatic rings. The Hall–Kier alpha value is -3.37. The molecule has 0 fully saturated rings. The van der Waals surface area contributed by atoms with Crippen LogP contribution in [0.2, 0.25) is 0 Å². The monoisotopic (exact) mass is 566 g/mol. The second-order valence-electron chi connectivity index (χ2n) is 9.86. The fraction of sp³-hybridized carbons (Fsp3) is 0.269. The number of hydrogen-bond donors (Lipinski definition) is 2. The van der Waals surface area contributed by atoms with Crippen molar-refractivity contribution in [2.45, 2.75) is 39.5 Å². The third kappa shape index (κ3) is 4.46. The molecule has 0 radical (unpaired) electrons. The Morgan fingerprint density at radius 1 is 1.22 bits per heavy atom. The number of dihydropyridines is 1. The number of non-ortho nitro benzene ring substituents is 1. The number of hydrogen-bond acceptors (Lipinski definition) is 7. The highest BCUT2D eigenvalue weighted by Gasteiger charge is 2.42. The summed E-state index contributed by atoms with van der Waals surface area (Å²) in [6, 6.07) is 11.8. The molecule has 2 heterocycles. The fourth-order valence-electron chi connectivity index (χ4n) is 4.98. The van der Waals surface area contributed by atoms with Gasteiger partial charge in [-0.2, -0.15) is 0 Å². The predicted octanol–water partition coefficient (Wildman–Crippen LogP) is 6.21. The van der Waals surface area contributed by atoms with Gasteiger partial charge in [-0.1, -0.05) is 53.2 Å². The van der Waals surface area contributed by atoms with Crippen molar-refractivity contribution >= 4 is 60.0 Å². The summed E-state index contributed by atoms with van der Waals surface area (Å²) in [4.78, 5) is 42.4. The molecule has 10 heteroatoms. The van der Waals surface area contributed by atoms with Gasteiger partial charge in [0.2, 0.25) is 0 Å². The first-order chi connectivity index (χ1) is 17.0. The van der Waals surface area contributed by atoms with E-state index >= 15 is 0 Å². The topological polar surface area (TPSA) is 114 Å². The molecule has 36 heavy (non-hydrogen) atoms. The van der Waals surface area contributed by atoms with Gasteiger partial charge < -0.3 is 5.32 Å². The maximum Gasteiger partial charge on any atom is 0.269 e. The lowest BCUT2D eigenvalue weighted by Gasteiger charge is -2.39. The number of nitrogens with zero attached hydrogens (tertiary/aromatic N) is 2. The van der Waals surface area contributed by atoms with E-state index in [1.165, 1.54) is 23.5 Å². The summed E-state index contributed by atoms with van der Waals surface area (Å²) in [6.07, 6.45) is 1.02. The van der Waals surface area contributed by atoms with Gasteiger partial charge in [0.25, 0.3) is 11.6 Å². The van der Waals surface area contributed by atoms with E-state index in [0.29, 0.717) is 40.4 Å².